The molecule has 34 heavy (non-hydrogen) atoms. The minimum Gasteiger partial charge on any atom is -0.479 e. The van der Waals surface area contributed by atoms with Crippen LogP contribution < -0.4 is 14.9 Å². The van der Waals surface area contributed by atoms with Crippen LogP contribution in [0.15, 0.2) is 84.0 Å². The Hall–Kier alpha value is -3.61. The Bertz CT molecular complexity index is 1180. The smallest absolute Gasteiger partial charge is 0.336 e. The average molecular weight is 497 g/mol. The van der Waals surface area contributed by atoms with E-state index >= 15 is 0 Å². The van der Waals surface area contributed by atoms with E-state index in [2.05, 4.69) is 10.5 Å². The van der Waals surface area contributed by atoms with Crippen molar-refractivity contribution in [2.45, 2.75) is 19.4 Å². The summed E-state index contributed by atoms with van der Waals surface area (Å²) in [5, 5.41) is 4.76. The fraction of sp³-hybridized carbons (Fsp3) is 0.115. The van der Waals surface area contributed by atoms with E-state index < -0.39 is 18.0 Å². The number of carbonyl (C=O) groups excluding carboxylic acids is 2. The molecule has 0 aliphatic rings. The summed E-state index contributed by atoms with van der Waals surface area (Å²) >= 11 is 12.0. The number of ether oxygens (including phenoxy) is 2. The Morgan fingerprint density at radius 1 is 1.00 bits per heavy atom. The van der Waals surface area contributed by atoms with E-state index in [1.165, 1.54) is 12.3 Å². The number of nitrogens with one attached hydrogen (secondary N) is 1. The maximum atomic E-state index is 12.4. The number of halogens is 2. The van der Waals surface area contributed by atoms with Crippen molar-refractivity contribution in [3.8, 4) is 11.5 Å². The normalized spacial score (nSPS) is 12.0. The molecule has 0 saturated heterocycles. The molecule has 1 atom stereocenters. The molecule has 1 N–H and O–H groups in total. The second-order valence-electron chi connectivity index (χ2n) is 7.06. The predicted octanol–water partition coefficient (Wildman–Crippen LogP) is 5.92. The van der Waals surface area contributed by atoms with Crippen LogP contribution in [0.3, 0.4) is 0 Å². The van der Waals surface area contributed by atoms with E-state index in [1.807, 2.05) is 37.3 Å². The van der Waals surface area contributed by atoms with Crippen molar-refractivity contribution in [1.29, 1.82) is 0 Å². The highest BCUT2D eigenvalue weighted by Crippen LogP contribution is 2.28. The van der Waals surface area contributed by atoms with Crippen LogP contribution in [0, 0.1) is 0 Å². The van der Waals surface area contributed by atoms with Crippen LogP contribution in [0.2, 0.25) is 10.0 Å². The maximum absolute atomic E-state index is 12.4. The van der Waals surface area contributed by atoms with Gasteiger partial charge in [-0.1, -0.05) is 60.5 Å². The summed E-state index contributed by atoms with van der Waals surface area (Å²) in [6.45, 7) is 1.81. The van der Waals surface area contributed by atoms with Gasteiger partial charge in [-0.05, 0) is 66.1 Å². The van der Waals surface area contributed by atoms with E-state index in [-0.39, 0.29) is 0 Å². The van der Waals surface area contributed by atoms with Gasteiger partial charge in [-0.15, -0.1) is 0 Å². The van der Waals surface area contributed by atoms with Crippen LogP contribution in [0.4, 0.5) is 0 Å². The lowest BCUT2D eigenvalue weighted by Gasteiger charge is -2.16. The van der Waals surface area contributed by atoms with Gasteiger partial charge in [-0.25, -0.2) is 10.2 Å². The summed E-state index contributed by atoms with van der Waals surface area (Å²) in [4.78, 5) is 24.4. The molecule has 8 heteroatoms. The highest BCUT2D eigenvalue weighted by Gasteiger charge is 2.19. The van der Waals surface area contributed by atoms with Crippen LogP contribution in [0.5, 0.6) is 11.5 Å². The van der Waals surface area contributed by atoms with E-state index in [9.17, 15) is 9.59 Å². The summed E-state index contributed by atoms with van der Waals surface area (Å²) < 4.78 is 11.0. The van der Waals surface area contributed by atoms with Gasteiger partial charge in [0.2, 0.25) is 0 Å². The zero-order valence-corrected chi connectivity index (χ0v) is 19.8. The van der Waals surface area contributed by atoms with Gasteiger partial charge in [-0.2, -0.15) is 5.10 Å². The second-order valence-corrected chi connectivity index (χ2v) is 7.90. The lowest BCUT2D eigenvalue weighted by Crippen LogP contribution is -2.35. The van der Waals surface area contributed by atoms with Gasteiger partial charge in [0, 0.05) is 11.1 Å². The fourth-order valence-electron chi connectivity index (χ4n) is 2.79. The van der Waals surface area contributed by atoms with Crippen molar-refractivity contribution in [3.63, 3.8) is 0 Å². The number of hydrazone groups is 1. The van der Waals surface area contributed by atoms with Gasteiger partial charge in [0.05, 0.1) is 11.2 Å². The Morgan fingerprint density at radius 2 is 1.74 bits per heavy atom. The lowest BCUT2D eigenvalue weighted by atomic mass is 10.2. The van der Waals surface area contributed by atoms with Gasteiger partial charge in [0.25, 0.3) is 5.91 Å². The first-order valence-corrected chi connectivity index (χ1v) is 11.2. The third-order valence-electron chi connectivity index (χ3n) is 4.52. The number of benzene rings is 3. The Kier molecular flexibility index (Phi) is 9.26. The van der Waals surface area contributed by atoms with Gasteiger partial charge in [0.1, 0.15) is 11.5 Å². The molecule has 174 valence electrons. The van der Waals surface area contributed by atoms with E-state index in [4.69, 9.17) is 32.7 Å². The number of amides is 1. The molecule has 6 nitrogen and oxygen atoms in total. The van der Waals surface area contributed by atoms with Crippen molar-refractivity contribution < 1.29 is 19.1 Å². The topological polar surface area (TPSA) is 77.0 Å². The summed E-state index contributed by atoms with van der Waals surface area (Å²) in [7, 11) is 0. The van der Waals surface area contributed by atoms with E-state index in [0.29, 0.717) is 33.5 Å². The maximum Gasteiger partial charge on any atom is 0.336 e. The van der Waals surface area contributed by atoms with E-state index in [1.54, 1.807) is 48.5 Å². The number of hydrogen-bond acceptors (Lipinski definition) is 5. The van der Waals surface area contributed by atoms with Gasteiger partial charge >= 0.3 is 5.97 Å². The molecule has 1 amide bonds. The second kappa shape index (κ2) is 12.6. The molecule has 3 rings (SSSR count). The molecular formula is C26H22Cl2N2O4. The predicted molar refractivity (Wildman–Crippen MR) is 134 cm³/mol. The first kappa shape index (κ1) is 25.0. The van der Waals surface area contributed by atoms with Crippen LogP contribution >= 0.6 is 23.2 Å². The molecule has 0 radical (unpaired) electrons. The lowest BCUT2D eigenvalue weighted by molar-refractivity contribution is -0.129. The molecule has 0 bridgehead atoms. The molecule has 0 spiro atoms. The minimum absolute atomic E-state index is 0.318. The first-order chi connectivity index (χ1) is 16.4. The number of nitrogens with zero attached hydrogens (tertiary/aromatic N) is 1. The molecule has 3 aromatic carbocycles. The molecule has 3 aromatic rings. The third kappa shape index (κ3) is 7.76. The zero-order chi connectivity index (χ0) is 24.3. The van der Waals surface area contributed by atoms with Crippen molar-refractivity contribution >= 4 is 47.4 Å². The van der Waals surface area contributed by atoms with Crippen LogP contribution in [-0.2, 0) is 9.59 Å². The fourth-order valence-corrected chi connectivity index (χ4v) is 3.24. The number of hydrogen-bond donors (Lipinski definition) is 1. The Labute approximate surface area is 207 Å². The Balaban J connectivity index is 1.50. The van der Waals surface area contributed by atoms with Crippen molar-refractivity contribution in [3.05, 3.63) is 100 Å². The molecular weight excluding hydrogens is 475 g/mol. The van der Waals surface area contributed by atoms with Crippen LogP contribution in [0.25, 0.3) is 6.08 Å². The third-order valence-corrected chi connectivity index (χ3v) is 5.06. The largest absolute Gasteiger partial charge is 0.479 e. The van der Waals surface area contributed by atoms with E-state index in [0.717, 1.165) is 5.56 Å². The van der Waals surface area contributed by atoms with Gasteiger partial charge in [0.15, 0.2) is 6.10 Å². The van der Waals surface area contributed by atoms with Crippen molar-refractivity contribution in [1.82, 2.24) is 5.43 Å². The summed E-state index contributed by atoms with van der Waals surface area (Å²) in [5.74, 6) is -0.145. The highest BCUT2D eigenvalue weighted by molar-refractivity contribution is 6.35. The van der Waals surface area contributed by atoms with Crippen LogP contribution in [-0.4, -0.2) is 24.2 Å². The average Bonchev–Trinajstić information content (AvgIpc) is 2.84. The molecule has 0 aliphatic carbocycles. The Morgan fingerprint density at radius 3 is 2.41 bits per heavy atom. The molecule has 0 aromatic heterocycles. The minimum atomic E-state index is -0.776. The quantitative estimate of drug-likeness (QED) is 0.131. The highest BCUT2D eigenvalue weighted by atomic mass is 35.5. The van der Waals surface area contributed by atoms with Crippen molar-refractivity contribution in [2.75, 3.05) is 0 Å². The van der Waals surface area contributed by atoms with Crippen molar-refractivity contribution in [2.24, 2.45) is 5.10 Å². The molecule has 0 heterocycles. The first-order valence-electron chi connectivity index (χ1n) is 10.4. The number of carbonyl (C=O) groups is 2. The van der Waals surface area contributed by atoms with Gasteiger partial charge in [-0.3, -0.25) is 4.79 Å². The summed E-state index contributed by atoms with van der Waals surface area (Å²) in [6.07, 6.45) is 4.16. The monoisotopic (exact) mass is 496 g/mol. The zero-order valence-electron chi connectivity index (χ0n) is 18.3. The summed E-state index contributed by atoms with van der Waals surface area (Å²) in [6, 6.07) is 20.9. The molecule has 0 fully saturated rings. The molecule has 0 saturated carbocycles. The van der Waals surface area contributed by atoms with Gasteiger partial charge < -0.3 is 9.47 Å². The number of rotatable bonds is 9. The molecule has 1 unspecified atom stereocenters. The summed E-state index contributed by atoms with van der Waals surface area (Å²) in [5.41, 5.74) is 4.06. The molecule has 0 aliphatic heterocycles. The SMILES string of the molecule is CCC(Oc1ccc(Cl)cc1Cl)C(=O)NN=Cc1ccc(OC(=O)C=Cc2ccccc2)cc1. The van der Waals surface area contributed by atoms with Crippen LogP contribution in [0.1, 0.15) is 24.5 Å². The number of esters is 1. The standard InChI is InChI=1S/C26H22Cl2N2O4/c1-2-23(34-24-14-11-20(27)16-22(24)28)26(32)30-29-17-19-8-12-21(13-9-19)33-25(31)15-10-18-6-4-3-5-7-18/h3-17,23H,2H2,1H3,(H,30,32).